The Morgan fingerprint density at radius 3 is 2.38 bits per heavy atom. The van der Waals surface area contributed by atoms with Crippen LogP contribution in [0.15, 0.2) is 0 Å². The second-order valence-electron chi connectivity index (χ2n) is 6.53. The number of hydrogen-bond acceptors (Lipinski definition) is 3. The maximum Gasteiger partial charge on any atom is 0.242 e. The van der Waals surface area contributed by atoms with E-state index in [2.05, 4.69) is 5.32 Å². The predicted molar refractivity (Wildman–Crippen MR) is 82.9 cm³/mol. The molecular weight excluding hydrogens is 266 g/mol. The first-order valence-electron chi connectivity index (χ1n) is 8.31. The minimum absolute atomic E-state index is 0.0385. The van der Waals surface area contributed by atoms with Crippen LogP contribution in [0.4, 0.5) is 0 Å². The van der Waals surface area contributed by atoms with Gasteiger partial charge in [-0.2, -0.15) is 0 Å². The van der Waals surface area contributed by atoms with Gasteiger partial charge in [0.05, 0.1) is 12.5 Å². The van der Waals surface area contributed by atoms with Crippen molar-refractivity contribution in [1.82, 2.24) is 15.1 Å². The van der Waals surface area contributed by atoms with Crippen LogP contribution in [0.25, 0.3) is 0 Å². The van der Waals surface area contributed by atoms with Crippen LogP contribution in [-0.2, 0) is 9.59 Å². The maximum absolute atomic E-state index is 12.4. The average molecular weight is 295 g/mol. The number of rotatable bonds is 4. The lowest BCUT2D eigenvalue weighted by molar-refractivity contribution is -0.142. The molecule has 21 heavy (non-hydrogen) atoms. The van der Waals surface area contributed by atoms with Gasteiger partial charge in [0, 0.05) is 26.7 Å². The summed E-state index contributed by atoms with van der Waals surface area (Å²) in [5, 5.41) is 3.26. The SMILES string of the molecule is CN(CC(=O)N(C)C1CCCCC1)C(=O)[C@H]1CCCNC1. The first kappa shape index (κ1) is 16.3. The molecule has 1 heterocycles. The summed E-state index contributed by atoms with van der Waals surface area (Å²) in [5.74, 6) is 0.214. The van der Waals surface area contributed by atoms with Crippen LogP contribution in [0, 0.1) is 5.92 Å². The van der Waals surface area contributed by atoms with Crippen molar-refractivity contribution in [3.05, 3.63) is 0 Å². The summed E-state index contributed by atoms with van der Waals surface area (Å²) in [6.07, 6.45) is 7.89. The zero-order valence-electron chi connectivity index (χ0n) is 13.4. The molecular formula is C16H29N3O2. The van der Waals surface area contributed by atoms with Crippen molar-refractivity contribution in [3.63, 3.8) is 0 Å². The topological polar surface area (TPSA) is 52.7 Å². The molecule has 1 atom stereocenters. The number of carbonyl (C=O) groups is 2. The molecule has 2 fully saturated rings. The lowest BCUT2D eigenvalue weighted by Crippen LogP contribution is -2.47. The number of nitrogens with zero attached hydrogens (tertiary/aromatic N) is 2. The van der Waals surface area contributed by atoms with Gasteiger partial charge in [-0.25, -0.2) is 0 Å². The summed E-state index contributed by atoms with van der Waals surface area (Å²) in [6.45, 7) is 1.95. The Morgan fingerprint density at radius 2 is 1.76 bits per heavy atom. The summed E-state index contributed by atoms with van der Waals surface area (Å²) < 4.78 is 0. The largest absolute Gasteiger partial charge is 0.341 e. The minimum atomic E-state index is 0.0385. The van der Waals surface area contributed by atoms with Crippen LogP contribution in [0.1, 0.15) is 44.9 Å². The average Bonchev–Trinajstić information content (AvgIpc) is 2.55. The molecule has 0 bridgehead atoms. The van der Waals surface area contributed by atoms with Gasteiger partial charge >= 0.3 is 0 Å². The molecule has 0 radical (unpaired) electrons. The number of likely N-dealkylation sites (N-methyl/N-ethyl adjacent to an activating group) is 2. The maximum atomic E-state index is 12.4. The molecule has 2 rings (SSSR count). The van der Waals surface area contributed by atoms with Crippen LogP contribution in [0.3, 0.4) is 0 Å². The number of piperidine rings is 1. The molecule has 0 spiro atoms. The zero-order chi connectivity index (χ0) is 15.2. The summed E-state index contributed by atoms with van der Waals surface area (Å²) in [4.78, 5) is 28.2. The van der Waals surface area contributed by atoms with Crippen LogP contribution in [0.2, 0.25) is 0 Å². The number of amides is 2. The van der Waals surface area contributed by atoms with Crippen molar-refractivity contribution in [2.45, 2.75) is 51.0 Å². The highest BCUT2D eigenvalue weighted by Gasteiger charge is 2.27. The molecule has 5 heteroatoms. The number of carbonyl (C=O) groups excluding carboxylic acids is 2. The molecule has 1 aliphatic carbocycles. The Labute approximate surface area is 128 Å². The van der Waals surface area contributed by atoms with E-state index in [4.69, 9.17) is 0 Å². The molecule has 0 aromatic heterocycles. The highest BCUT2D eigenvalue weighted by molar-refractivity contribution is 5.86. The lowest BCUT2D eigenvalue weighted by atomic mass is 9.94. The number of hydrogen-bond donors (Lipinski definition) is 1. The van der Waals surface area contributed by atoms with Gasteiger partial charge in [0.1, 0.15) is 0 Å². The Balaban J connectivity index is 1.81. The summed E-state index contributed by atoms with van der Waals surface area (Å²) in [7, 11) is 3.64. The molecule has 1 aliphatic heterocycles. The van der Waals surface area contributed by atoms with Gasteiger partial charge < -0.3 is 15.1 Å². The monoisotopic (exact) mass is 295 g/mol. The molecule has 0 unspecified atom stereocenters. The summed E-state index contributed by atoms with van der Waals surface area (Å²) in [6, 6.07) is 0.367. The van der Waals surface area contributed by atoms with Crippen molar-refractivity contribution >= 4 is 11.8 Å². The second kappa shape index (κ2) is 7.78. The van der Waals surface area contributed by atoms with E-state index < -0.39 is 0 Å². The van der Waals surface area contributed by atoms with Crippen LogP contribution >= 0.6 is 0 Å². The van der Waals surface area contributed by atoms with E-state index in [0.29, 0.717) is 6.04 Å². The van der Waals surface area contributed by atoms with E-state index in [9.17, 15) is 9.59 Å². The van der Waals surface area contributed by atoms with Crippen LogP contribution < -0.4 is 5.32 Å². The minimum Gasteiger partial charge on any atom is -0.341 e. The van der Waals surface area contributed by atoms with Crippen LogP contribution in [-0.4, -0.2) is 61.4 Å². The molecule has 5 nitrogen and oxygen atoms in total. The summed E-state index contributed by atoms with van der Waals surface area (Å²) >= 11 is 0. The molecule has 1 N–H and O–H groups in total. The molecule has 0 aromatic carbocycles. The molecule has 0 aromatic rings. The lowest BCUT2D eigenvalue weighted by Gasteiger charge is -2.33. The smallest absolute Gasteiger partial charge is 0.242 e. The van der Waals surface area contributed by atoms with Gasteiger partial charge in [0.25, 0.3) is 0 Å². The van der Waals surface area contributed by atoms with Gasteiger partial charge in [0.15, 0.2) is 0 Å². The van der Waals surface area contributed by atoms with E-state index in [-0.39, 0.29) is 24.3 Å². The predicted octanol–water partition coefficient (Wildman–Crippen LogP) is 1.24. The Bertz CT molecular complexity index is 361. The molecule has 1 saturated carbocycles. The number of nitrogens with one attached hydrogen (secondary N) is 1. The highest BCUT2D eigenvalue weighted by Crippen LogP contribution is 2.22. The molecule has 1 saturated heterocycles. The Hall–Kier alpha value is -1.10. The second-order valence-corrected chi connectivity index (χ2v) is 6.53. The van der Waals surface area contributed by atoms with Crippen molar-refractivity contribution < 1.29 is 9.59 Å². The Morgan fingerprint density at radius 1 is 1.05 bits per heavy atom. The van der Waals surface area contributed by atoms with E-state index in [1.807, 2.05) is 11.9 Å². The van der Waals surface area contributed by atoms with Gasteiger partial charge in [-0.05, 0) is 32.2 Å². The third kappa shape index (κ3) is 4.43. The van der Waals surface area contributed by atoms with Crippen molar-refractivity contribution in [1.29, 1.82) is 0 Å². The molecule has 120 valence electrons. The highest BCUT2D eigenvalue weighted by atomic mass is 16.2. The van der Waals surface area contributed by atoms with Gasteiger partial charge in [-0.15, -0.1) is 0 Å². The van der Waals surface area contributed by atoms with E-state index in [1.54, 1.807) is 11.9 Å². The fraction of sp³-hybridized carbons (Fsp3) is 0.875. The first-order chi connectivity index (χ1) is 10.1. The fourth-order valence-electron chi connectivity index (χ4n) is 3.44. The van der Waals surface area contributed by atoms with Crippen LogP contribution in [0.5, 0.6) is 0 Å². The molecule has 2 aliphatic rings. The fourth-order valence-corrected chi connectivity index (χ4v) is 3.44. The van der Waals surface area contributed by atoms with Crippen molar-refractivity contribution in [3.8, 4) is 0 Å². The van der Waals surface area contributed by atoms with Gasteiger partial charge in [-0.1, -0.05) is 19.3 Å². The van der Waals surface area contributed by atoms with Gasteiger partial charge in [0.2, 0.25) is 11.8 Å². The van der Waals surface area contributed by atoms with E-state index in [0.717, 1.165) is 38.8 Å². The standard InChI is InChI=1S/C16H29N3O2/c1-18(16(21)13-7-6-10-17-11-13)12-15(20)19(2)14-8-4-3-5-9-14/h13-14,17H,3-12H2,1-2H3/t13-/m0/s1. The Kier molecular flexibility index (Phi) is 6.03. The van der Waals surface area contributed by atoms with Gasteiger partial charge in [-0.3, -0.25) is 9.59 Å². The summed E-state index contributed by atoms with van der Waals surface area (Å²) in [5.41, 5.74) is 0. The third-order valence-corrected chi connectivity index (χ3v) is 4.91. The van der Waals surface area contributed by atoms with Crippen molar-refractivity contribution in [2.75, 3.05) is 33.7 Å². The van der Waals surface area contributed by atoms with E-state index >= 15 is 0 Å². The quantitative estimate of drug-likeness (QED) is 0.849. The first-order valence-corrected chi connectivity index (χ1v) is 8.31. The third-order valence-electron chi connectivity index (χ3n) is 4.91. The zero-order valence-corrected chi connectivity index (χ0v) is 13.4. The van der Waals surface area contributed by atoms with E-state index in [1.165, 1.54) is 19.3 Å². The van der Waals surface area contributed by atoms with Crippen molar-refractivity contribution in [2.24, 2.45) is 5.92 Å². The molecule has 2 amide bonds. The normalized spacial score (nSPS) is 23.6.